The van der Waals surface area contributed by atoms with E-state index in [4.69, 9.17) is 0 Å². The monoisotopic (exact) mass is 242 g/mol. The van der Waals surface area contributed by atoms with Crippen molar-refractivity contribution < 1.29 is 4.79 Å². The summed E-state index contributed by atoms with van der Waals surface area (Å²) < 4.78 is 0. The van der Waals surface area contributed by atoms with Crippen LogP contribution in [0.15, 0.2) is 24.4 Å². The fourth-order valence-electron chi connectivity index (χ4n) is 2.44. The summed E-state index contributed by atoms with van der Waals surface area (Å²) in [5.74, 6) is 0. The maximum Gasteiger partial charge on any atom is 0.210 e. The number of H-pyrrole nitrogens is 1. The van der Waals surface area contributed by atoms with E-state index < -0.39 is 0 Å². The average Bonchev–Trinajstić information content (AvgIpc) is 2.85. The number of aromatic nitrogens is 3. The fraction of sp³-hybridized carbons (Fsp3) is 0.308. The van der Waals surface area contributed by atoms with Gasteiger partial charge in [-0.05, 0) is 25.5 Å². The number of pyridine rings is 1. The van der Waals surface area contributed by atoms with E-state index in [-0.39, 0.29) is 6.04 Å². The Morgan fingerprint density at radius 3 is 3.11 bits per heavy atom. The average molecular weight is 242 g/mol. The molecule has 1 aliphatic rings. The van der Waals surface area contributed by atoms with Gasteiger partial charge in [-0.25, -0.2) is 0 Å². The Balaban J connectivity index is 2.05. The molecule has 3 heterocycles. The molecule has 0 aliphatic carbocycles. The van der Waals surface area contributed by atoms with Crippen molar-refractivity contribution in [3.63, 3.8) is 0 Å². The Morgan fingerprint density at radius 1 is 1.50 bits per heavy atom. The lowest BCUT2D eigenvalue weighted by Gasteiger charge is -2.29. The Hall–Kier alpha value is -2.17. The lowest BCUT2D eigenvalue weighted by atomic mass is 9.98. The number of amides is 1. The maximum absolute atomic E-state index is 10.9. The minimum absolute atomic E-state index is 0.0277. The highest BCUT2D eigenvalue weighted by molar-refractivity contribution is 5.62. The maximum atomic E-state index is 10.9. The third kappa shape index (κ3) is 1.59. The zero-order chi connectivity index (χ0) is 12.5. The molecule has 0 aromatic carbocycles. The Morgan fingerprint density at radius 2 is 2.39 bits per heavy atom. The SMILES string of the molecule is CC1c2n[nH]c(-c3ccccn3)c2CCN1C=O. The van der Waals surface area contributed by atoms with Gasteiger partial charge in [0.1, 0.15) is 0 Å². The smallest absolute Gasteiger partial charge is 0.210 e. The number of rotatable bonds is 2. The lowest BCUT2D eigenvalue weighted by molar-refractivity contribution is -0.120. The van der Waals surface area contributed by atoms with Crippen LogP contribution in [0.3, 0.4) is 0 Å². The first-order valence-corrected chi connectivity index (χ1v) is 6.01. The van der Waals surface area contributed by atoms with E-state index in [2.05, 4.69) is 15.2 Å². The molecule has 1 unspecified atom stereocenters. The molecule has 0 bridgehead atoms. The highest BCUT2D eigenvalue weighted by atomic mass is 16.1. The van der Waals surface area contributed by atoms with Gasteiger partial charge in [0.15, 0.2) is 0 Å². The Bertz CT molecular complexity index is 564. The predicted molar refractivity (Wildman–Crippen MR) is 66.7 cm³/mol. The molecule has 18 heavy (non-hydrogen) atoms. The molecule has 3 rings (SSSR count). The molecule has 2 aromatic heterocycles. The van der Waals surface area contributed by atoms with Gasteiger partial charge in [0, 0.05) is 18.3 Å². The summed E-state index contributed by atoms with van der Waals surface area (Å²) in [5.41, 5.74) is 4.01. The summed E-state index contributed by atoms with van der Waals surface area (Å²) in [7, 11) is 0. The van der Waals surface area contributed by atoms with Crippen LogP contribution in [0.25, 0.3) is 11.4 Å². The van der Waals surface area contributed by atoms with Crippen molar-refractivity contribution in [3.8, 4) is 11.4 Å². The fourth-order valence-corrected chi connectivity index (χ4v) is 2.44. The first kappa shape index (κ1) is 11.0. The number of carbonyl (C=O) groups excluding carboxylic acids is 1. The lowest BCUT2D eigenvalue weighted by Crippen LogP contribution is -2.32. The zero-order valence-corrected chi connectivity index (χ0v) is 10.1. The molecular formula is C13H14N4O. The topological polar surface area (TPSA) is 61.9 Å². The molecule has 1 aliphatic heterocycles. The van der Waals surface area contributed by atoms with Crippen molar-refractivity contribution in [2.45, 2.75) is 19.4 Å². The largest absolute Gasteiger partial charge is 0.337 e. The second kappa shape index (κ2) is 4.25. The highest BCUT2D eigenvalue weighted by Crippen LogP contribution is 2.32. The van der Waals surface area contributed by atoms with Gasteiger partial charge in [-0.1, -0.05) is 6.07 Å². The van der Waals surface area contributed by atoms with Crippen molar-refractivity contribution in [2.75, 3.05) is 6.54 Å². The number of hydrogen-bond donors (Lipinski definition) is 1. The Kier molecular flexibility index (Phi) is 2.59. The number of fused-ring (bicyclic) bond motifs is 1. The first-order valence-electron chi connectivity index (χ1n) is 6.01. The number of nitrogens with one attached hydrogen (secondary N) is 1. The normalized spacial score (nSPS) is 18.5. The van der Waals surface area contributed by atoms with E-state index in [1.807, 2.05) is 25.1 Å². The molecule has 92 valence electrons. The minimum atomic E-state index is 0.0277. The van der Waals surface area contributed by atoms with Crippen LogP contribution in [0.4, 0.5) is 0 Å². The molecule has 1 atom stereocenters. The van der Waals surface area contributed by atoms with Crippen molar-refractivity contribution in [3.05, 3.63) is 35.7 Å². The Labute approximate surface area is 105 Å². The summed E-state index contributed by atoms with van der Waals surface area (Å²) in [6.07, 6.45) is 3.48. The number of nitrogens with zero attached hydrogens (tertiary/aromatic N) is 3. The molecule has 0 saturated carbocycles. The van der Waals surface area contributed by atoms with E-state index in [1.54, 1.807) is 11.1 Å². The van der Waals surface area contributed by atoms with Gasteiger partial charge in [0.2, 0.25) is 6.41 Å². The van der Waals surface area contributed by atoms with E-state index in [0.717, 1.165) is 36.5 Å². The quantitative estimate of drug-likeness (QED) is 0.813. The van der Waals surface area contributed by atoms with Crippen LogP contribution >= 0.6 is 0 Å². The van der Waals surface area contributed by atoms with E-state index in [0.29, 0.717) is 0 Å². The van der Waals surface area contributed by atoms with Gasteiger partial charge in [0.25, 0.3) is 0 Å². The number of aromatic amines is 1. The second-order valence-electron chi connectivity index (χ2n) is 4.45. The van der Waals surface area contributed by atoms with Crippen LogP contribution in [-0.2, 0) is 11.2 Å². The van der Waals surface area contributed by atoms with Gasteiger partial charge >= 0.3 is 0 Å². The second-order valence-corrected chi connectivity index (χ2v) is 4.45. The van der Waals surface area contributed by atoms with E-state index in [1.165, 1.54) is 5.56 Å². The third-order valence-corrected chi connectivity index (χ3v) is 3.47. The van der Waals surface area contributed by atoms with Crippen LogP contribution in [0.2, 0.25) is 0 Å². The molecule has 5 heteroatoms. The summed E-state index contributed by atoms with van der Waals surface area (Å²) in [6, 6.07) is 5.84. The van der Waals surface area contributed by atoms with Gasteiger partial charge in [0.05, 0.1) is 23.1 Å². The van der Waals surface area contributed by atoms with Gasteiger partial charge in [-0.3, -0.25) is 14.9 Å². The molecule has 0 fully saturated rings. The standard InChI is InChI=1S/C13H14N4O/c1-9-12-10(5-7-17(9)8-18)13(16-15-12)11-4-2-3-6-14-11/h2-4,6,8-9H,5,7H2,1H3,(H,15,16). The molecule has 1 N–H and O–H groups in total. The van der Waals surface area contributed by atoms with E-state index >= 15 is 0 Å². The molecule has 0 radical (unpaired) electrons. The predicted octanol–water partition coefficient (Wildman–Crippen LogP) is 1.55. The van der Waals surface area contributed by atoms with Crippen molar-refractivity contribution >= 4 is 6.41 Å². The molecule has 0 spiro atoms. The van der Waals surface area contributed by atoms with Crippen molar-refractivity contribution in [1.82, 2.24) is 20.1 Å². The third-order valence-electron chi connectivity index (χ3n) is 3.47. The van der Waals surface area contributed by atoms with E-state index in [9.17, 15) is 4.79 Å². The minimum Gasteiger partial charge on any atom is -0.337 e. The number of hydrogen-bond acceptors (Lipinski definition) is 3. The first-order chi connectivity index (χ1) is 8.81. The van der Waals surface area contributed by atoms with Crippen LogP contribution in [0.1, 0.15) is 24.2 Å². The molecule has 1 amide bonds. The molecule has 2 aromatic rings. The summed E-state index contributed by atoms with van der Waals surface area (Å²) in [6.45, 7) is 2.73. The van der Waals surface area contributed by atoms with Gasteiger partial charge < -0.3 is 4.90 Å². The highest BCUT2D eigenvalue weighted by Gasteiger charge is 2.28. The summed E-state index contributed by atoms with van der Waals surface area (Å²) in [5, 5.41) is 7.40. The zero-order valence-electron chi connectivity index (χ0n) is 10.1. The molecule has 5 nitrogen and oxygen atoms in total. The van der Waals surface area contributed by atoms with Crippen LogP contribution in [0.5, 0.6) is 0 Å². The van der Waals surface area contributed by atoms with Crippen LogP contribution < -0.4 is 0 Å². The van der Waals surface area contributed by atoms with Crippen LogP contribution in [-0.4, -0.2) is 33.0 Å². The number of carbonyl (C=O) groups is 1. The van der Waals surface area contributed by atoms with Gasteiger partial charge in [-0.2, -0.15) is 5.10 Å². The summed E-state index contributed by atoms with van der Waals surface area (Å²) in [4.78, 5) is 17.0. The van der Waals surface area contributed by atoms with Crippen molar-refractivity contribution in [2.24, 2.45) is 0 Å². The molecular weight excluding hydrogens is 228 g/mol. The van der Waals surface area contributed by atoms with Crippen molar-refractivity contribution in [1.29, 1.82) is 0 Å². The summed E-state index contributed by atoms with van der Waals surface area (Å²) >= 11 is 0. The van der Waals surface area contributed by atoms with Crippen LogP contribution in [0, 0.1) is 0 Å². The van der Waals surface area contributed by atoms with Gasteiger partial charge in [-0.15, -0.1) is 0 Å². The molecule has 0 saturated heterocycles.